The molecule has 0 atom stereocenters. The Bertz CT molecular complexity index is 430. The van der Waals surface area contributed by atoms with Gasteiger partial charge in [0.1, 0.15) is 6.61 Å². The number of ether oxygens (including phenoxy) is 1. The molecule has 0 saturated carbocycles. The predicted molar refractivity (Wildman–Crippen MR) is 54.1 cm³/mol. The van der Waals surface area contributed by atoms with Crippen molar-refractivity contribution in [2.24, 2.45) is 5.73 Å². The molecule has 0 amide bonds. The van der Waals surface area contributed by atoms with Gasteiger partial charge in [0.25, 0.3) is 0 Å². The highest BCUT2D eigenvalue weighted by molar-refractivity contribution is 5.77. The molecule has 0 bridgehead atoms. The topological polar surface area (TPSA) is 61.0 Å². The van der Waals surface area contributed by atoms with E-state index in [0.717, 1.165) is 10.9 Å². The van der Waals surface area contributed by atoms with Gasteiger partial charge in [0.2, 0.25) is 0 Å². The van der Waals surface area contributed by atoms with Crippen molar-refractivity contribution in [3.8, 4) is 6.01 Å². The second-order valence-corrected chi connectivity index (χ2v) is 2.85. The van der Waals surface area contributed by atoms with Gasteiger partial charge in [-0.3, -0.25) is 0 Å². The second kappa shape index (κ2) is 4.02. The summed E-state index contributed by atoms with van der Waals surface area (Å²) < 4.78 is 5.22. The quantitative estimate of drug-likeness (QED) is 0.781. The lowest BCUT2D eigenvalue weighted by Crippen LogP contribution is -2.11. The molecule has 2 aromatic rings. The maximum Gasteiger partial charge on any atom is 0.316 e. The molecule has 14 heavy (non-hydrogen) atoms. The molecule has 1 aromatic carbocycles. The number of rotatable bonds is 3. The van der Waals surface area contributed by atoms with Gasteiger partial charge in [-0.1, -0.05) is 18.2 Å². The van der Waals surface area contributed by atoms with Gasteiger partial charge in [0.15, 0.2) is 0 Å². The molecule has 0 radical (unpaired) electrons. The lowest BCUT2D eigenvalue weighted by atomic mass is 10.2. The van der Waals surface area contributed by atoms with Gasteiger partial charge < -0.3 is 10.5 Å². The Labute approximate surface area is 81.7 Å². The highest BCUT2D eigenvalue weighted by atomic mass is 16.5. The Morgan fingerprint density at radius 1 is 1.29 bits per heavy atom. The van der Waals surface area contributed by atoms with Crippen LogP contribution < -0.4 is 10.5 Å². The number of nitrogens with two attached hydrogens (primary N) is 1. The van der Waals surface area contributed by atoms with E-state index in [4.69, 9.17) is 10.5 Å². The summed E-state index contributed by atoms with van der Waals surface area (Å²) in [7, 11) is 0. The van der Waals surface area contributed by atoms with Gasteiger partial charge in [0.05, 0.1) is 5.52 Å². The van der Waals surface area contributed by atoms with Crippen molar-refractivity contribution in [3.63, 3.8) is 0 Å². The first-order valence-electron chi connectivity index (χ1n) is 4.45. The lowest BCUT2D eigenvalue weighted by molar-refractivity contribution is 0.303. The number of hydrogen-bond donors (Lipinski definition) is 1. The van der Waals surface area contributed by atoms with Gasteiger partial charge in [-0.2, -0.15) is 4.98 Å². The number of aromatic nitrogens is 2. The van der Waals surface area contributed by atoms with Crippen LogP contribution in [0.1, 0.15) is 0 Å². The van der Waals surface area contributed by atoms with Crippen molar-refractivity contribution in [1.82, 2.24) is 9.97 Å². The van der Waals surface area contributed by atoms with Crippen LogP contribution in [0.5, 0.6) is 6.01 Å². The molecular formula is C10H11N3O. The summed E-state index contributed by atoms with van der Waals surface area (Å²) in [6.45, 7) is 0.911. The molecule has 0 saturated heterocycles. The van der Waals surface area contributed by atoms with Crippen LogP contribution in [0.4, 0.5) is 0 Å². The summed E-state index contributed by atoms with van der Waals surface area (Å²) in [6.07, 6.45) is 1.74. The van der Waals surface area contributed by atoms with E-state index in [1.807, 2.05) is 24.3 Å². The first-order valence-corrected chi connectivity index (χ1v) is 4.45. The first-order chi connectivity index (χ1) is 6.90. The molecule has 0 unspecified atom stereocenters. The Hall–Kier alpha value is -1.68. The summed E-state index contributed by atoms with van der Waals surface area (Å²) in [4.78, 5) is 8.28. The zero-order valence-electron chi connectivity index (χ0n) is 7.68. The summed E-state index contributed by atoms with van der Waals surface area (Å²) >= 11 is 0. The molecule has 2 N–H and O–H groups in total. The van der Waals surface area contributed by atoms with Crippen LogP contribution >= 0.6 is 0 Å². The van der Waals surface area contributed by atoms with Crippen LogP contribution in [0.3, 0.4) is 0 Å². The minimum absolute atomic E-state index is 0.383. The Morgan fingerprint density at radius 3 is 3.00 bits per heavy atom. The summed E-state index contributed by atoms with van der Waals surface area (Å²) in [6, 6.07) is 8.15. The van der Waals surface area contributed by atoms with Crippen molar-refractivity contribution in [1.29, 1.82) is 0 Å². The van der Waals surface area contributed by atoms with E-state index in [9.17, 15) is 0 Å². The predicted octanol–water partition coefficient (Wildman–Crippen LogP) is 0.967. The van der Waals surface area contributed by atoms with Crippen LogP contribution in [0.2, 0.25) is 0 Å². The van der Waals surface area contributed by atoms with Gasteiger partial charge in [-0.05, 0) is 6.07 Å². The monoisotopic (exact) mass is 189 g/mol. The highest BCUT2D eigenvalue weighted by Crippen LogP contribution is 2.12. The third-order valence-corrected chi connectivity index (χ3v) is 1.82. The standard InChI is InChI=1S/C10H11N3O/c11-5-6-14-10-12-7-8-3-1-2-4-9(8)13-10/h1-4,7H,5-6,11H2. The largest absolute Gasteiger partial charge is 0.462 e. The van der Waals surface area contributed by atoms with E-state index in [0.29, 0.717) is 19.2 Å². The third kappa shape index (κ3) is 1.80. The lowest BCUT2D eigenvalue weighted by Gasteiger charge is -2.02. The van der Waals surface area contributed by atoms with Crippen LogP contribution in [0, 0.1) is 0 Å². The minimum Gasteiger partial charge on any atom is -0.462 e. The molecule has 1 heterocycles. The minimum atomic E-state index is 0.383. The first kappa shape index (κ1) is 8.90. The van der Waals surface area contributed by atoms with Crippen molar-refractivity contribution in [2.75, 3.05) is 13.2 Å². The third-order valence-electron chi connectivity index (χ3n) is 1.82. The molecule has 1 aromatic heterocycles. The molecule has 2 rings (SSSR count). The number of fused-ring (bicyclic) bond motifs is 1. The molecule has 4 nitrogen and oxygen atoms in total. The molecule has 4 heteroatoms. The fourth-order valence-corrected chi connectivity index (χ4v) is 1.17. The van der Waals surface area contributed by atoms with E-state index >= 15 is 0 Å². The van der Waals surface area contributed by atoms with Crippen LogP contribution in [-0.4, -0.2) is 23.1 Å². The number of nitrogens with zero attached hydrogens (tertiary/aromatic N) is 2. The molecule has 0 aliphatic heterocycles. The van der Waals surface area contributed by atoms with Crippen molar-refractivity contribution < 1.29 is 4.74 Å². The Kier molecular flexibility index (Phi) is 2.55. The van der Waals surface area contributed by atoms with E-state index < -0.39 is 0 Å². The van der Waals surface area contributed by atoms with Crippen molar-refractivity contribution in [3.05, 3.63) is 30.5 Å². The van der Waals surface area contributed by atoms with Crippen molar-refractivity contribution in [2.45, 2.75) is 0 Å². The normalized spacial score (nSPS) is 10.4. The second-order valence-electron chi connectivity index (χ2n) is 2.85. The van der Waals surface area contributed by atoms with Gasteiger partial charge >= 0.3 is 6.01 Å². The summed E-state index contributed by atoms with van der Waals surface area (Å²) in [5, 5.41) is 1.01. The fourth-order valence-electron chi connectivity index (χ4n) is 1.17. The molecule has 0 aliphatic rings. The van der Waals surface area contributed by atoms with Gasteiger partial charge in [0, 0.05) is 18.1 Å². The number of hydrogen-bond acceptors (Lipinski definition) is 4. The fraction of sp³-hybridized carbons (Fsp3) is 0.200. The summed E-state index contributed by atoms with van der Waals surface area (Å²) in [5.41, 5.74) is 6.19. The summed E-state index contributed by atoms with van der Waals surface area (Å²) in [5.74, 6) is 0. The SMILES string of the molecule is NCCOc1ncc2ccccc2n1. The zero-order chi connectivity index (χ0) is 9.80. The highest BCUT2D eigenvalue weighted by Gasteiger charge is 1.98. The van der Waals surface area contributed by atoms with Gasteiger partial charge in [-0.25, -0.2) is 4.98 Å². The smallest absolute Gasteiger partial charge is 0.316 e. The van der Waals surface area contributed by atoms with E-state index in [1.54, 1.807) is 6.20 Å². The molecule has 0 spiro atoms. The van der Waals surface area contributed by atoms with Crippen molar-refractivity contribution >= 4 is 10.9 Å². The zero-order valence-corrected chi connectivity index (χ0v) is 7.68. The van der Waals surface area contributed by atoms with E-state index in [-0.39, 0.29) is 0 Å². The Balaban J connectivity index is 2.32. The number of benzene rings is 1. The number of para-hydroxylation sites is 1. The van der Waals surface area contributed by atoms with Crippen LogP contribution in [0.25, 0.3) is 10.9 Å². The average Bonchev–Trinajstić information content (AvgIpc) is 2.26. The van der Waals surface area contributed by atoms with Crippen LogP contribution in [0.15, 0.2) is 30.5 Å². The van der Waals surface area contributed by atoms with E-state index in [2.05, 4.69) is 9.97 Å². The Morgan fingerprint density at radius 2 is 2.14 bits per heavy atom. The molecular weight excluding hydrogens is 178 g/mol. The molecule has 0 aliphatic carbocycles. The van der Waals surface area contributed by atoms with Crippen LogP contribution in [-0.2, 0) is 0 Å². The molecule has 0 fully saturated rings. The maximum atomic E-state index is 5.31. The van der Waals surface area contributed by atoms with Gasteiger partial charge in [-0.15, -0.1) is 0 Å². The van der Waals surface area contributed by atoms with E-state index in [1.165, 1.54) is 0 Å². The molecule has 72 valence electrons. The average molecular weight is 189 g/mol. The maximum absolute atomic E-state index is 5.31.